The molecule has 0 radical (unpaired) electrons. The number of aromatic amines is 8. The Morgan fingerprint density at radius 1 is 0.375 bits per heavy atom. The number of rotatable bonds is 20. The first kappa shape index (κ1) is 89.4. The van der Waals surface area contributed by atoms with Crippen molar-refractivity contribution in [3.05, 3.63) is 187 Å². The number of carbonyl (C=O) groups is 4. The lowest BCUT2D eigenvalue weighted by Crippen LogP contribution is -2.23. The SMILES string of the molecule is CC(C)n1ncc2c(=O)[nH]c(=S)[nH]c21.CC(Sc1nc2c(cnn2C(C)C)c(=O)[nH]1)C(N)=O.COC(=O)C(C)Sc1nc2c(cnn2-c2cccc(OC)c2)c(=O)[nH]1.COC(=O)C(C)Sc1nc2c(cnn2C(C)C)c(=O)[nH]1.COc1cccc(-n2ncc3c(=O)[nH]c(=S)[nH]c32)c1.Cc1cccc(-n2ncc3c(=O)[nH]c(SC(C)C(N)=O)nc32)c1. The van der Waals surface area contributed by atoms with E-state index in [2.05, 4.69) is 95.1 Å². The van der Waals surface area contributed by atoms with Crippen molar-refractivity contribution in [2.45, 2.75) is 136 Å². The van der Waals surface area contributed by atoms with Gasteiger partial charge < -0.3 is 60.3 Å². The number of aromatic nitrogens is 24. The van der Waals surface area contributed by atoms with Crippen LogP contribution in [0.5, 0.6) is 11.5 Å². The number of nitrogens with two attached hydrogens (primary N) is 2. The lowest BCUT2D eigenvalue weighted by atomic mass is 10.2. The molecule has 0 spiro atoms. The van der Waals surface area contributed by atoms with E-state index < -0.39 is 38.8 Å². The first-order valence-electron chi connectivity index (χ1n) is 36.2. The van der Waals surface area contributed by atoms with Crippen LogP contribution in [0.1, 0.15) is 92.9 Å². The Hall–Kier alpha value is -12.9. The van der Waals surface area contributed by atoms with Gasteiger partial charge >= 0.3 is 11.9 Å². The number of H-pyrrole nitrogens is 8. The van der Waals surface area contributed by atoms with Crippen molar-refractivity contribution in [3.63, 3.8) is 0 Å². The molecule has 3 aromatic carbocycles. The molecule has 0 aliphatic carbocycles. The van der Waals surface area contributed by atoms with Crippen molar-refractivity contribution in [1.82, 2.24) is 118 Å². The summed E-state index contributed by atoms with van der Waals surface area (Å²) in [5.74, 6) is -0.302. The van der Waals surface area contributed by atoms with E-state index in [1.165, 1.54) is 45.2 Å². The second-order valence-electron chi connectivity index (χ2n) is 26.6. The van der Waals surface area contributed by atoms with Gasteiger partial charge in [0.25, 0.3) is 33.4 Å². The van der Waals surface area contributed by atoms with Crippen molar-refractivity contribution >= 4 is 161 Å². The molecule has 0 bridgehead atoms. The van der Waals surface area contributed by atoms with Crippen LogP contribution in [0.15, 0.2) is 159 Å². The molecule has 0 saturated heterocycles. The predicted molar refractivity (Wildman–Crippen MR) is 460 cm³/mol. The number of fused-ring (bicyclic) bond motifs is 6. The van der Waals surface area contributed by atoms with E-state index in [0.717, 1.165) is 64.0 Å². The van der Waals surface area contributed by atoms with Crippen LogP contribution in [-0.2, 0) is 28.7 Å². The van der Waals surface area contributed by atoms with Gasteiger partial charge in [0.2, 0.25) is 11.8 Å². The number of methoxy groups -OCH3 is 4. The molecule has 12 heterocycles. The number of nitrogens with zero attached hydrogens (tertiary/aromatic N) is 16. The van der Waals surface area contributed by atoms with Gasteiger partial charge in [0.05, 0.1) is 93.2 Å². The van der Waals surface area contributed by atoms with E-state index in [4.69, 9.17) is 50.1 Å². The smallest absolute Gasteiger partial charge is 0.318 e. The van der Waals surface area contributed by atoms with Gasteiger partial charge in [0, 0.05) is 30.3 Å². The molecule has 120 heavy (non-hydrogen) atoms. The zero-order chi connectivity index (χ0) is 87.2. The summed E-state index contributed by atoms with van der Waals surface area (Å²) in [6.07, 6.45) is 8.97. The van der Waals surface area contributed by atoms with Crippen LogP contribution in [0, 0.1) is 16.5 Å². The number of nitrogens with one attached hydrogen (secondary N) is 8. The lowest BCUT2D eigenvalue weighted by Gasteiger charge is -2.09. The molecule has 0 saturated carbocycles. The molecule has 15 rings (SSSR count). The standard InChI is InChI=1S/C16H16N4O4S.C15H15N5O2S.C12H16N4O3S.C12H10N4O2S.C11H15N5O2S.C8H10N4OS/c1-9(15(22)24-3)25-16-18-13-12(14(21)19-16)8-17-20(13)10-5-4-6-11(7-10)23-2;1-8-4-3-5-10(6-8)20-13-11(7-17-20)14(22)19-15(18-13)23-9(2)12(16)21;1-6(2)16-9-8(5-13-16)10(17)15-12(14-9)20-7(3)11(18)19-4;1-18-8-4-2-3-7(5-8)16-10-9(6-13-16)11(17)15-12(19)14-10;1-5(2)16-9-7(4-13-16)10(18)15-11(14-9)19-6(3)8(12)17;1-4(2)12-6-5(3-9-12)7(13)11-8(14)10-6/h4-9H,1-3H3,(H,18,19,21);3-7,9H,1-2H3,(H2,16,21)(H,18,19,22);5-7H,1-4H3,(H,14,15,17);2-6H,1H3,(H2,14,15,17,19);4-6H,1-3H3,(H2,12,17)(H,14,15,18);3-4H,1-2H3,(H2,10,11,13,14). The van der Waals surface area contributed by atoms with E-state index >= 15 is 0 Å². The summed E-state index contributed by atoms with van der Waals surface area (Å²) < 4.78 is 30.2. The summed E-state index contributed by atoms with van der Waals surface area (Å²) in [6.45, 7) is 20.5. The zero-order valence-electron chi connectivity index (χ0n) is 66.9. The third-order valence-electron chi connectivity index (χ3n) is 17.0. The average molecular weight is 1750 g/mol. The number of carbonyl (C=O) groups excluding carboxylic acids is 4. The summed E-state index contributed by atoms with van der Waals surface area (Å²) in [7, 11) is 5.81. The minimum Gasteiger partial charge on any atom is -0.497 e. The Morgan fingerprint density at radius 3 is 1.07 bits per heavy atom. The van der Waals surface area contributed by atoms with Crippen LogP contribution in [-0.4, -0.2) is 192 Å². The van der Waals surface area contributed by atoms with E-state index in [1.54, 1.807) is 82.3 Å². The van der Waals surface area contributed by atoms with E-state index in [1.807, 2.05) is 115 Å². The molecule has 2 amide bonds. The highest BCUT2D eigenvalue weighted by Crippen LogP contribution is 2.28. The molecule has 4 atom stereocenters. The fourth-order valence-corrected chi connectivity index (χ4v) is 14.4. The molecule has 15 aromatic rings. The van der Waals surface area contributed by atoms with Crippen LogP contribution in [0.3, 0.4) is 0 Å². The van der Waals surface area contributed by atoms with Crippen LogP contribution >= 0.6 is 71.5 Å². The van der Waals surface area contributed by atoms with Gasteiger partial charge in [0.1, 0.15) is 65.6 Å². The molecule has 12 N–H and O–H groups in total. The number of hydrogen-bond acceptors (Lipinski definition) is 30. The Balaban J connectivity index is 0.000000152. The Morgan fingerprint density at radius 2 is 0.683 bits per heavy atom. The molecule has 40 nitrogen and oxygen atoms in total. The Bertz CT molecular complexity index is 6800. The monoisotopic (exact) mass is 1750 g/mol. The summed E-state index contributed by atoms with van der Waals surface area (Å²) in [5.41, 5.74) is 15.3. The van der Waals surface area contributed by atoms with Crippen molar-refractivity contribution in [3.8, 4) is 28.6 Å². The maximum atomic E-state index is 12.3. The Labute approximate surface area is 705 Å². The second kappa shape index (κ2) is 39.6. The molecular formula is C74H82N26O14S6. The van der Waals surface area contributed by atoms with Crippen molar-refractivity contribution in [2.24, 2.45) is 11.5 Å². The quantitative estimate of drug-likeness (QED) is 0.0148. The molecule has 628 valence electrons. The number of primary amides is 2. The third-order valence-corrected chi connectivity index (χ3v) is 21.4. The summed E-state index contributed by atoms with van der Waals surface area (Å²) in [4.78, 5) is 156. The second-order valence-corrected chi connectivity index (χ2v) is 32.8. The van der Waals surface area contributed by atoms with Gasteiger partial charge in [-0.15, -0.1) is 0 Å². The molecule has 4 unspecified atom stereocenters. The third kappa shape index (κ3) is 21.3. The number of hydrogen-bond donors (Lipinski definition) is 10. The number of aryl methyl sites for hydroxylation is 1. The van der Waals surface area contributed by atoms with Crippen LogP contribution < -0.4 is 54.3 Å². The van der Waals surface area contributed by atoms with E-state index in [9.17, 15) is 47.9 Å². The number of esters is 2. The van der Waals surface area contributed by atoms with Gasteiger partial charge in [0.15, 0.2) is 52.8 Å². The molecule has 12 aromatic heterocycles. The predicted octanol–water partition coefficient (Wildman–Crippen LogP) is 8.32. The largest absolute Gasteiger partial charge is 0.497 e. The summed E-state index contributed by atoms with van der Waals surface area (Å²) in [5, 5.41) is 27.2. The van der Waals surface area contributed by atoms with E-state index in [0.29, 0.717) is 109 Å². The number of ether oxygens (including phenoxy) is 4. The van der Waals surface area contributed by atoms with Crippen molar-refractivity contribution in [2.75, 3.05) is 28.4 Å². The van der Waals surface area contributed by atoms with Gasteiger partial charge in [-0.05, 0) is 143 Å². The Kier molecular flexibility index (Phi) is 29.5. The van der Waals surface area contributed by atoms with Crippen LogP contribution in [0.2, 0.25) is 0 Å². The van der Waals surface area contributed by atoms with Gasteiger partial charge in [-0.3, -0.25) is 57.9 Å². The van der Waals surface area contributed by atoms with Crippen molar-refractivity contribution < 1.29 is 38.1 Å². The minimum absolute atomic E-state index is 0.0951. The molecule has 46 heteroatoms. The number of benzene rings is 3. The normalized spacial score (nSPS) is 12.2. The topological polar surface area (TPSA) is 544 Å². The van der Waals surface area contributed by atoms with E-state index in [-0.39, 0.29) is 62.2 Å². The number of amides is 2. The number of thioether (sulfide) groups is 4. The fourth-order valence-electron chi connectivity index (χ4n) is 10.9. The average Bonchev–Trinajstić information content (AvgIpc) is 1.61. The van der Waals surface area contributed by atoms with Gasteiger partial charge in [-0.25, -0.2) is 48.0 Å². The van der Waals surface area contributed by atoms with Crippen LogP contribution in [0.25, 0.3) is 83.3 Å². The molecule has 0 aliphatic heterocycles. The highest BCUT2D eigenvalue weighted by molar-refractivity contribution is 8.01. The molecule has 0 fully saturated rings. The first-order valence-corrected chi connectivity index (χ1v) is 40.5. The molecule has 0 aliphatic rings. The fraction of sp³-hybridized carbons (Fsp3) is 0.297. The summed E-state index contributed by atoms with van der Waals surface area (Å²) >= 11 is 14.4. The van der Waals surface area contributed by atoms with Gasteiger partial charge in [-0.2, -0.15) is 30.6 Å². The van der Waals surface area contributed by atoms with Gasteiger partial charge in [-0.1, -0.05) is 71.3 Å². The maximum absolute atomic E-state index is 12.3. The zero-order valence-corrected chi connectivity index (χ0v) is 71.8. The molecular weight excluding hydrogens is 1670 g/mol. The lowest BCUT2D eigenvalue weighted by molar-refractivity contribution is -0.140. The minimum atomic E-state index is -0.501. The highest BCUT2D eigenvalue weighted by Gasteiger charge is 2.24. The highest BCUT2D eigenvalue weighted by atomic mass is 32.2. The summed E-state index contributed by atoms with van der Waals surface area (Å²) in [6, 6.07) is 22.8. The first-order chi connectivity index (χ1) is 57.1. The van der Waals surface area contributed by atoms with Crippen molar-refractivity contribution in [1.29, 1.82) is 0 Å². The van der Waals surface area contributed by atoms with Crippen LogP contribution in [0.4, 0.5) is 0 Å². The maximum Gasteiger partial charge on any atom is 0.318 e.